The van der Waals surface area contributed by atoms with E-state index in [0.29, 0.717) is 12.5 Å². The van der Waals surface area contributed by atoms with Gasteiger partial charge >= 0.3 is 0 Å². The summed E-state index contributed by atoms with van der Waals surface area (Å²) in [5.41, 5.74) is -0.773. The summed E-state index contributed by atoms with van der Waals surface area (Å²) in [6.07, 6.45) is 1.58. The molecule has 0 aliphatic carbocycles. The predicted molar refractivity (Wildman–Crippen MR) is 68.7 cm³/mol. The van der Waals surface area contributed by atoms with E-state index in [1.54, 1.807) is 4.90 Å². The second kappa shape index (κ2) is 5.83. The van der Waals surface area contributed by atoms with Gasteiger partial charge in [0.25, 0.3) is 0 Å². The quantitative estimate of drug-likeness (QED) is 0.730. The molecular weight excluding hydrogens is 216 g/mol. The molecule has 1 heterocycles. The Kier molecular flexibility index (Phi) is 4.95. The van der Waals surface area contributed by atoms with Crippen molar-refractivity contribution in [2.45, 2.75) is 52.2 Å². The lowest BCUT2D eigenvalue weighted by atomic mass is 9.94. The minimum Gasteiger partial charge on any atom is -0.388 e. The van der Waals surface area contributed by atoms with Crippen molar-refractivity contribution in [2.24, 2.45) is 5.92 Å². The number of β-amino-alcohol motifs (C(OH)–C–C–N with tert-alkyl or cyclic N) is 1. The van der Waals surface area contributed by atoms with E-state index in [1.165, 1.54) is 0 Å². The molecule has 1 rings (SSSR count). The molecule has 1 aliphatic heterocycles. The molecule has 100 valence electrons. The molecule has 17 heavy (non-hydrogen) atoms. The van der Waals surface area contributed by atoms with Gasteiger partial charge in [0.2, 0.25) is 5.91 Å². The Morgan fingerprint density at radius 3 is 2.76 bits per heavy atom. The van der Waals surface area contributed by atoms with Gasteiger partial charge in [0, 0.05) is 13.1 Å². The summed E-state index contributed by atoms with van der Waals surface area (Å²) in [6.45, 7) is 10.0. The van der Waals surface area contributed by atoms with Crippen LogP contribution in [0, 0.1) is 5.92 Å². The van der Waals surface area contributed by atoms with E-state index < -0.39 is 5.60 Å². The fourth-order valence-corrected chi connectivity index (χ4v) is 2.69. The van der Waals surface area contributed by atoms with Crippen LogP contribution in [0.25, 0.3) is 0 Å². The Bertz CT molecular complexity index is 264. The normalized spacial score (nSPS) is 24.5. The first-order chi connectivity index (χ1) is 7.85. The van der Waals surface area contributed by atoms with Gasteiger partial charge in [-0.2, -0.15) is 0 Å². The Labute approximate surface area is 104 Å². The van der Waals surface area contributed by atoms with Gasteiger partial charge in [-0.25, -0.2) is 0 Å². The average Bonchev–Trinajstić information content (AvgIpc) is 2.48. The molecule has 1 saturated heterocycles. The van der Waals surface area contributed by atoms with Crippen molar-refractivity contribution < 1.29 is 9.90 Å². The molecule has 0 radical (unpaired) electrons. The van der Waals surface area contributed by atoms with Crippen LogP contribution < -0.4 is 5.32 Å². The van der Waals surface area contributed by atoms with Crippen molar-refractivity contribution in [3.05, 3.63) is 0 Å². The summed E-state index contributed by atoms with van der Waals surface area (Å²) in [7, 11) is 0. The monoisotopic (exact) mass is 242 g/mol. The number of nitrogens with zero attached hydrogens (tertiary/aromatic N) is 1. The first-order valence-corrected chi connectivity index (χ1v) is 6.60. The first-order valence-electron chi connectivity index (χ1n) is 6.60. The summed E-state index contributed by atoms with van der Waals surface area (Å²) < 4.78 is 0. The molecule has 1 aliphatic rings. The van der Waals surface area contributed by atoms with E-state index in [2.05, 4.69) is 19.2 Å². The van der Waals surface area contributed by atoms with E-state index in [1.807, 2.05) is 13.8 Å². The second-order valence-corrected chi connectivity index (χ2v) is 5.75. The molecule has 0 aromatic carbocycles. The molecule has 0 spiro atoms. The van der Waals surface area contributed by atoms with Gasteiger partial charge in [0.1, 0.15) is 0 Å². The molecule has 0 bridgehead atoms. The van der Waals surface area contributed by atoms with Crippen LogP contribution in [-0.4, -0.2) is 47.2 Å². The third-order valence-corrected chi connectivity index (χ3v) is 3.13. The van der Waals surface area contributed by atoms with E-state index in [9.17, 15) is 9.90 Å². The second-order valence-electron chi connectivity index (χ2n) is 5.75. The SMILES string of the molecule is CCNC1CCN(CC(C)(O)CC(C)C)C1=O. The maximum atomic E-state index is 12.0. The van der Waals surface area contributed by atoms with Gasteiger partial charge in [-0.3, -0.25) is 4.79 Å². The largest absolute Gasteiger partial charge is 0.388 e. The van der Waals surface area contributed by atoms with Crippen LogP contribution in [0.4, 0.5) is 0 Å². The number of amides is 1. The van der Waals surface area contributed by atoms with Crippen LogP contribution >= 0.6 is 0 Å². The zero-order chi connectivity index (χ0) is 13.1. The number of rotatable bonds is 6. The molecule has 1 fully saturated rings. The fourth-order valence-electron chi connectivity index (χ4n) is 2.69. The van der Waals surface area contributed by atoms with Crippen LogP contribution in [0.2, 0.25) is 0 Å². The summed E-state index contributed by atoms with van der Waals surface area (Å²) in [4.78, 5) is 13.8. The number of aliphatic hydroxyl groups is 1. The van der Waals surface area contributed by atoms with E-state index in [4.69, 9.17) is 0 Å². The zero-order valence-corrected chi connectivity index (χ0v) is 11.5. The van der Waals surface area contributed by atoms with Crippen molar-refractivity contribution in [1.29, 1.82) is 0 Å². The van der Waals surface area contributed by atoms with Gasteiger partial charge in [-0.1, -0.05) is 20.8 Å². The van der Waals surface area contributed by atoms with Crippen LogP contribution in [0.15, 0.2) is 0 Å². The summed E-state index contributed by atoms with van der Waals surface area (Å²) >= 11 is 0. The lowest BCUT2D eigenvalue weighted by Gasteiger charge is -2.30. The minimum absolute atomic E-state index is 0.0464. The highest BCUT2D eigenvalue weighted by Gasteiger charge is 2.35. The van der Waals surface area contributed by atoms with Crippen molar-refractivity contribution >= 4 is 5.91 Å². The van der Waals surface area contributed by atoms with Gasteiger partial charge in [-0.15, -0.1) is 0 Å². The van der Waals surface area contributed by atoms with Crippen molar-refractivity contribution in [2.75, 3.05) is 19.6 Å². The van der Waals surface area contributed by atoms with Crippen LogP contribution in [-0.2, 0) is 4.79 Å². The lowest BCUT2D eigenvalue weighted by molar-refractivity contribution is -0.132. The maximum absolute atomic E-state index is 12.0. The Morgan fingerprint density at radius 2 is 2.24 bits per heavy atom. The Balaban J connectivity index is 2.50. The van der Waals surface area contributed by atoms with E-state index in [-0.39, 0.29) is 11.9 Å². The van der Waals surface area contributed by atoms with Gasteiger partial charge in [0.05, 0.1) is 11.6 Å². The van der Waals surface area contributed by atoms with Crippen molar-refractivity contribution in [3.63, 3.8) is 0 Å². The van der Waals surface area contributed by atoms with Crippen LogP contribution in [0.5, 0.6) is 0 Å². The third-order valence-electron chi connectivity index (χ3n) is 3.13. The molecule has 2 N–H and O–H groups in total. The van der Waals surface area contributed by atoms with Gasteiger partial charge < -0.3 is 15.3 Å². The molecule has 1 amide bonds. The molecule has 4 nitrogen and oxygen atoms in total. The van der Waals surface area contributed by atoms with E-state index in [0.717, 1.165) is 25.9 Å². The van der Waals surface area contributed by atoms with Gasteiger partial charge in [-0.05, 0) is 32.2 Å². The lowest BCUT2D eigenvalue weighted by Crippen LogP contribution is -2.45. The van der Waals surface area contributed by atoms with Gasteiger partial charge in [0.15, 0.2) is 0 Å². The van der Waals surface area contributed by atoms with Crippen molar-refractivity contribution in [3.8, 4) is 0 Å². The average molecular weight is 242 g/mol. The molecule has 2 atom stereocenters. The molecule has 2 unspecified atom stereocenters. The molecular formula is C13H26N2O2. The third kappa shape index (κ3) is 4.28. The number of likely N-dealkylation sites (N-methyl/N-ethyl adjacent to an activating group) is 1. The van der Waals surface area contributed by atoms with Crippen LogP contribution in [0.3, 0.4) is 0 Å². The summed E-state index contributed by atoms with van der Waals surface area (Å²) in [6, 6.07) is -0.0464. The fraction of sp³-hybridized carbons (Fsp3) is 0.923. The molecule has 4 heteroatoms. The van der Waals surface area contributed by atoms with Crippen molar-refractivity contribution in [1.82, 2.24) is 10.2 Å². The highest BCUT2D eigenvalue weighted by atomic mass is 16.3. The summed E-state index contributed by atoms with van der Waals surface area (Å²) in [5, 5.41) is 13.4. The smallest absolute Gasteiger partial charge is 0.239 e. The topological polar surface area (TPSA) is 52.6 Å². The minimum atomic E-state index is -0.773. The number of likely N-dealkylation sites (tertiary alicyclic amines) is 1. The maximum Gasteiger partial charge on any atom is 0.239 e. The first kappa shape index (κ1) is 14.5. The standard InChI is InChI=1S/C13H26N2O2/c1-5-14-11-6-7-15(12(11)16)9-13(4,17)8-10(2)3/h10-11,14,17H,5-9H2,1-4H3. The number of hydrogen-bond donors (Lipinski definition) is 2. The molecule has 0 aromatic rings. The predicted octanol–water partition coefficient (Wildman–Crippen LogP) is 0.994. The zero-order valence-electron chi connectivity index (χ0n) is 11.5. The highest BCUT2D eigenvalue weighted by Crippen LogP contribution is 2.21. The molecule has 0 aromatic heterocycles. The summed E-state index contributed by atoms with van der Waals surface area (Å²) in [5.74, 6) is 0.572. The molecule has 0 saturated carbocycles. The number of hydrogen-bond acceptors (Lipinski definition) is 3. The van der Waals surface area contributed by atoms with E-state index >= 15 is 0 Å². The highest BCUT2D eigenvalue weighted by molar-refractivity contribution is 5.84. The Morgan fingerprint density at radius 1 is 1.59 bits per heavy atom. The Hall–Kier alpha value is -0.610. The number of carbonyl (C=O) groups excluding carboxylic acids is 1. The number of nitrogens with one attached hydrogen (secondary N) is 1. The number of carbonyl (C=O) groups is 1. The van der Waals surface area contributed by atoms with Crippen LogP contribution in [0.1, 0.15) is 40.5 Å².